The molecular weight excluding hydrogens is 190 g/mol. The van der Waals surface area contributed by atoms with E-state index in [1.54, 1.807) is 0 Å². The lowest BCUT2D eigenvalue weighted by molar-refractivity contribution is 0.264. The Morgan fingerprint density at radius 1 is 1.53 bits per heavy atom. The van der Waals surface area contributed by atoms with Crippen molar-refractivity contribution in [1.82, 2.24) is 15.1 Å². The molecule has 1 unspecified atom stereocenters. The predicted molar refractivity (Wildman–Crippen MR) is 60.7 cm³/mol. The van der Waals surface area contributed by atoms with Gasteiger partial charge in [0.2, 0.25) is 0 Å². The van der Waals surface area contributed by atoms with Crippen molar-refractivity contribution in [2.45, 2.75) is 39.3 Å². The van der Waals surface area contributed by atoms with Crippen LogP contribution < -0.4 is 5.32 Å². The Balaban J connectivity index is 2.60. The topological polar surface area (TPSA) is 50.1 Å². The van der Waals surface area contributed by atoms with Gasteiger partial charge >= 0.3 is 0 Å². The van der Waals surface area contributed by atoms with E-state index in [1.165, 1.54) is 11.3 Å². The fourth-order valence-electron chi connectivity index (χ4n) is 1.73. The maximum atomic E-state index is 8.82. The third-order valence-electron chi connectivity index (χ3n) is 2.84. The quantitative estimate of drug-likeness (QED) is 0.768. The molecule has 0 saturated heterocycles. The number of nitrogens with one attached hydrogen (secondary N) is 1. The summed E-state index contributed by atoms with van der Waals surface area (Å²) in [6, 6.07) is 0.602. The first-order chi connectivity index (χ1) is 7.06. The van der Waals surface area contributed by atoms with Gasteiger partial charge in [-0.2, -0.15) is 5.10 Å². The first kappa shape index (κ1) is 12.2. The van der Waals surface area contributed by atoms with Crippen LogP contribution in [0.5, 0.6) is 0 Å². The molecule has 1 rings (SSSR count). The lowest BCUT2D eigenvalue weighted by Gasteiger charge is -2.19. The number of nitrogens with zero attached hydrogens (tertiary/aromatic N) is 2. The average Bonchev–Trinajstić information content (AvgIpc) is 2.48. The highest BCUT2D eigenvalue weighted by Gasteiger charge is 2.13. The fraction of sp³-hybridized carbons (Fsp3) is 0.727. The van der Waals surface area contributed by atoms with E-state index in [4.69, 9.17) is 5.11 Å². The maximum absolute atomic E-state index is 8.82. The molecule has 1 aromatic rings. The normalized spacial score (nSPS) is 15.3. The van der Waals surface area contributed by atoms with Crippen molar-refractivity contribution < 1.29 is 5.11 Å². The van der Waals surface area contributed by atoms with Crippen molar-refractivity contribution in [1.29, 1.82) is 0 Å². The van der Waals surface area contributed by atoms with Crippen molar-refractivity contribution >= 4 is 0 Å². The summed E-state index contributed by atoms with van der Waals surface area (Å²) in [4.78, 5) is 0. The van der Waals surface area contributed by atoms with Crippen LogP contribution in [0, 0.1) is 6.92 Å². The van der Waals surface area contributed by atoms with Gasteiger partial charge in [-0.1, -0.05) is 0 Å². The van der Waals surface area contributed by atoms with E-state index >= 15 is 0 Å². The summed E-state index contributed by atoms with van der Waals surface area (Å²) < 4.78 is 1.88. The van der Waals surface area contributed by atoms with Gasteiger partial charge in [-0.25, -0.2) is 0 Å². The number of aryl methyl sites for hydroxylation is 1. The van der Waals surface area contributed by atoms with Gasteiger partial charge in [-0.3, -0.25) is 4.68 Å². The molecule has 0 fully saturated rings. The number of aliphatic hydroxyl groups is 1. The van der Waals surface area contributed by atoms with Gasteiger partial charge < -0.3 is 10.4 Å². The van der Waals surface area contributed by atoms with Crippen molar-refractivity contribution in [3.8, 4) is 0 Å². The van der Waals surface area contributed by atoms with Crippen LogP contribution in [-0.2, 0) is 7.05 Å². The van der Waals surface area contributed by atoms with E-state index < -0.39 is 0 Å². The molecule has 0 spiro atoms. The van der Waals surface area contributed by atoms with Gasteiger partial charge in [0.25, 0.3) is 0 Å². The number of hydrogen-bond donors (Lipinski definition) is 2. The summed E-state index contributed by atoms with van der Waals surface area (Å²) in [6.07, 6.45) is 2.68. The monoisotopic (exact) mass is 211 g/mol. The van der Waals surface area contributed by atoms with Crippen molar-refractivity contribution in [3.63, 3.8) is 0 Å². The summed E-state index contributed by atoms with van der Waals surface area (Å²) >= 11 is 0. The van der Waals surface area contributed by atoms with Crippen LogP contribution in [0.2, 0.25) is 0 Å². The second-order valence-corrected chi connectivity index (χ2v) is 4.11. The van der Waals surface area contributed by atoms with E-state index in [9.17, 15) is 0 Å². The minimum Gasteiger partial charge on any atom is -0.396 e. The van der Waals surface area contributed by atoms with Gasteiger partial charge in [-0.05, 0) is 27.2 Å². The number of aliphatic hydroxyl groups excluding tert-OH is 1. The van der Waals surface area contributed by atoms with E-state index in [2.05, 4.69) is 31.2 Å². The zero-order chi connectivity index (χ0) is 11.4. The van der Waals surface area contributed by atoms with E-state index in [1.807, 2.05) is 17.9 Å². The van der Waals surface area contributed by atoms with Gasteiger partial charge in [0.15, 0.2) is 0 Å². The largest absolute Gasteiger partial charge is 0.396 e. The third kappa shape index (κ3) is 3.04. The molecule has 0 saturated carbocycles. The van der Waals surface area contributed by atoms with E-state index in [0.717, 1.165) is 6.42 Å². The van der Waals surface area contributed by atoms with E-state index in [-0.39, 0.29) is 12.6 Å². The molecule has 0 radical (unpaired) electrons. The molecule has 1 heterocycles. The van der Waals surface area contributed by atoms with Crippen molar-refractivity contribution in [3.05, 3.63) is 17.5 Å². The molecule has 86 valence electrons. The van der Waals surface area contributed by atoms with Crippen molar-refractivity contribution in [2.75, 3.05) is 6.61 Å². The number of rotatable bonds is 5. The molecule has 0 amide bonds. The number of hydrogen-bond acceptors (Lipinski definition) is 3. The Labute approximate surface area is 91.3 Å². The Kier molecular flexibility index (Phi) is 4.29. The minimum absolute atomic E-state index is 0.229. The molecular formula is C11H21N3O. The second-order valence-electron chi connectivity index (χ2n) is 4.11. The smallest absolute Gasteiger partial charge is 0.0540 e. The minimum atomic E-state index is 0.229. The highest BCUT2D eigenvalue weighted by Crippen LogP contribution is 2.16. The highest BCUT2D eigenvalue weighted by molar-refractivity contribution is 5.19. The SMILES string of the molecule is Cc1c(C(C)N[C@H](C)CCO)cnn1C. The molecule has 0 bridgehead atoms. The molecule has 4 heteroatoms. The molecule has 1 aromatic heterocycles. The molecule has 2 atom stereocenters. The Hall–Kier alpha value is -0.870. The summed E-state index contributed by atoms with van der Waals surface area (Å²) in [6.45, 7) is 6.50. The molecule has 0 aliphatic rings. The lowest BCUT2D eigenvalue weighted by Crippen LogP contribution is -2.29. The Morgan fingerprint density at radius 3 is 2.67 bits per heavy atom. The molecule has 15 heavy (non-hydrogen) atoms. The zero-order valence-electron chi connectivity index (χ0n) is 9.99. The lowest BCUT2D eigenvalue weighted by atomic mass is 10.1. The van der Waals surface area contributed by atoms with Gasteiger partial charge in [0, 0.05) is 37.0 Å². The van der Waals surface area contributed by atoms with Crippen LogP contribution in [0.1, 0.15) is 37.6 Å². The molecule has 4 nitrogen and oxygen atoms in total. The maximum Gasteiger partial charge on any atom is 0.0540 e. The van der Waals surface area contributed by atoms with Crippen LogP contribution in [0.4, 0.5) is 0 Å². The van der Waals surface area contributed by atoms with E-state index in [0.29, 0.717) is 6.04 Å². The fourth-order valence-corrected chi connectivity index (χ4v) is 1.73. The van der Waals surface area contributed by atoms with Gasteiger partial charge in [0.05, 0.1) is 6.20 Å². The second kappa shape index (κ2) is 5.28. The Bertz CT molecular complexity index is 309. The predicted octanol–water partition coefficient (Wildman–Crippen LogP) is 1.15. The standard InChI is InChI=1S/C11H21N3O/c1-8(5-6-15)13-9(2)11-7-12-14(4)10(11)3/h7-9,13,15H,5-6H2,1-4H3/t8-,9?/m1/s1. The molecule has 0 aliphatic heterocycles. The molecule has 0 aromatic carbocycles. The highest BCUT2D eigenvalue weighted by atomic mass is 16.3. The van der Waals surface area contributed by atoms with Crippen LogP contribution in [0.25, 0.3) is 0 Å². The summed E-state index contributed by atoms with van der Waals surface area (Å²) in [5.74, 6) is 0. The zero-order valence-corrected chi connectivity index (χ0v) is 9.99. The van der Waals surface area contributed by atoms with Crippen molar-refractivity contribution in [2.24, 2.45) is 7.05 Å². The number of aromatic nitrogens is 2. The molecule has 2 N–H and O–H groups in total. The Morgan fingerprint density at radius 2 is 2.20 bits per heavy atom. The first-order valence-electron chi connectivity index (χ1n) is 5.41. The van der Waals surface area contributed by atoms with Gasteiger partial charge in [-0.15, -0.1) is 0 Å². The van der Waals surface area contributed by atoms with Crippen LogP contribution >= 0.6 is 0 Å². The molecule has 0 aliphatic carbocycles. The summed E-state index contributed by atoms with van der Waals surface area (Å²) in [5, 5.41) is 16.5. The van der Waals surface area contributed by atoms with Crippen LogP contribution in [-0.4, -0.2) is 27.5 Å². The van der Waals surface area contributed by atoms with Gasteiger partial charge in [0.1, 0.15) is 0 Å². The van der Waals surface area contributed by atoms with Crippen LogP contribution in [0.3, 0.4) is 0 Å². The first-order valence-corrected chi connectivity index (χ1v) is 5.41. The van der Waals surface area contributed by atoms with Crippen LogP contribution in [0.15, 0.2) is 6.20 Å². The summed E-state index contributed by atoms with van der Waals surface area (Å²) in [7, 11) is 1.95. The average molecular weight is 211 g/mol. The summed E-state index contributed by atoms with van der Waals surface area (Å²) in [5.41, 5.74) is 2.41. The third-order valence-corrected chi connectivity index (χ3v) is 2.84.